The molecule has 0 aliphatic carbocycles. The number of nitrogens with one attached hydrogen (secondary N) is 3. The molecule has 9 nitrogen and oxygen atoms in total. The first-order chi connectivity index (χ1) is 15.3. The fourth-order valence-electron chi connectivity index (χ4n) is 2.64. The van der Waals surface area contributed by atoms with Gasteiger partial charge in [0, 0.05) is 23.1 Å². The van der Waals surface area contributed by atoms with Crippen LogP contribution in [0.5, 0.6) is 17.2 Å². The summed E-state index contributed by atoms with van der Waals surface area (Å²) in [6.45, 7) is 1.90. The average molecular weight is 464 g/mol. The van der Waals surface area contributed by atoms with Crippen LogP contribution in [0.3, 0.4) is 0 Å². The van der Waals surface area contributed by atoms with E-state index in [0.717, 1.165) is 5.56 Å². The van der Waals surface area contributed by atoms with E-state index in [0.29, 0.717) is 35.3 Å². The first kappa shape index (κ1) is 24.8. The van der Waals surface area contributed by atoms with Crippen LogP contribution in [0.2, 0.25) is 5.02 Å². The molecular formula is C22H26ClN3O6. The van der Waals surface area contributed by atoms with E-state index in [1.165, 1.54) is 26.4 Å². The van der Waals surface area contributed by atoms with E-state index in [9.17, 15) is 14.4 Å². The van der Waals surface area contributed by atoms with Crippen LogP contribution in [-0.2, 0) is 9.59 Å². The Kier molecular flexibility index (Phi) is 9.62. The quantitative estimate of drug-likeness (QED) is 0.368. The zero-order valence-corrected chi connectivity index (χ0v) is 18.9. The highest BCUT2D eigenvalue weighted by atomic mass is 35.5. The molecule has 2 aromatic carbocycles. The van der Waals surface area contributed by atoms with Crippen molar-refractivity contribution >= 4 is 29.3 Å². The lowest BCUT2D eigenvalue weighted by molar-refractivity contribution is -0.128. The summed E-state index contributed by atoms with van der Waals surface area (Å²) in [7, 11) is 2.94. The van der Waals surface area contributed by atoms with E-state index in [2.05, 4.69) is 16.2 Å². The zero-order chi connectivity index (χ0) is 23.5. The Bertz CT molecular complexity index is 944. The Morgan fingerprint density at radius 2 is 1.59 bits per heavy atom. The van der Waals surface area contributed by atoms with E-state index >= 15 is 0 Å². The first-order valence-electron chi connectivity index (χ1n) is 9.80. The van der Waals surface area contributed by atoms with Crippen molar-refractivity contribution in [2.75, 3.05) is 27.4 Å². The van der Waals surface area contributed by atoms with E-state index in [4.69, 9.17) is 25.8 Å². The summed E-state index contributed by atoms with van der Waals surface area (Å²) in [6, 6.07) is 9.96. The predicted octanol–water partition coefficient (Wildman–Crippen LogP) is 2.40. The van der Waals surface area contributed by atoms with Gasteiger partial charge in [-0.1, -0.05) is 11.6 Å². The molecule has 0 fully saturated rings. The number of rotatable bonds is 10. The van der Waals surface area contributed by atoms with Crippen molar-refractivity contribution in [1.29, 1.82) is 0 Å². The van der Waals surface area contributed by atoms with E-state index in [1.54, 1.807) is 24.3 Å². The molecule has 0 spiro atoms. The number of benzene rings is 2. The number of carbonyl (C=O) groups is 3. The van der Waals surface area contributed by atoms with Crippen molar-refractivity contribution in [3.8, 4) is 17.2 Å². The molecule has 0 atom stereocenters. The van der Waals surface area contributed by atoms with Crippen LogP contribution in [0.1, 0.15) is 28.8 Å². The fourth-order valence-corrected chi connectivity index (χ4v) is 2.86. The number of halogens is 1. The molecule has 0 saturated carbocycles. The summed E-state index contributed by atoms with van der Waals surface area (Å²) >= 11 is 5.90. The summed E-state index contributed by atoms with van der Waals surface area (Å²) < 4.78 is 15.8. The van der Waals surface area contributed by atoms with Gasteiger partial charge in [0.05, 0.1) is 27.4 Å². The third kappa shape index (κ3) is 7.99. The minimum Gasteiger partial charge on any atom is -0.497 e. The molecule has 0 bridgehead atoms. The van der Waals surface area contributed by atoms with Gasteiger partial charge in [-0.3, -0.25) is 25.2 Å². The van der Waals surface area contributed by atoms with Gasteiger partial charge in [-0.2, -0.15) is 0 Å². The third-order valence-electron chi connectivity index (χ3n) is 4.31. The summed E-state index contributed by atoms with van der Waals surface area (Å²) in [5.41, 5.74) is 5.73. The zero-order valence-electron chi connectivity index (χ0n) is 18.1. The van der Waals surface area contributed by atoms with E-state index < -0.39 is 11.8 Å². The summed E-state index contributed by atoms with van der Waals surface area (Å²) in [6.07, 6.45) is 0.612. The summed E-state index contributed by atoms with van der Waals surface area (Å²) in [5.74, 6) is 0.155. The summed E-state index contributed by atoms with van der Waals surface area (Å²) in [4.78, 5) is 36.0. The second kappa shape index (κ2) is 12.4. The molecule has 0 heterocycles. The second-order valence-electron chi connectivity index (χ2n) is 6.74. The third-order valence-corrected chi connectivity index (χ3v) is 4.54. The van der Waals surface area contributed by atoms with Crippen LogP contribution in [-0.4, -0.2) is 45.1 Å². The number of hydrogen-bond acceptors (Lipinski definition) is 6. The van der Waals surface area contributed by atoms with Gasteiger partial charge in [-0.15, -0.1) is 0 Å². The highest BCUT2D eigenvalue weighted by molar-refractivity contribution is 6.30. The van der Waals surface area contributed by atoms with E-state index in [-0.39, 0.29) is 24.4 Å². The van der Waals surface area contributed by atoms with Crippen molar-refractivity contribution in [2.45, 2.75) is 19.8 Å². The minimum absolute atomic E-state index is 0.156. The Morgan fingerprint density at radius 3 is 2.22 bits per heavy atom. The molecule has 0 aromatic heterocycles. The number of hydrogen-bond donors (Lipinski definition) is 3. The molecule has 10 heteroatoms. The van der Waals surface area contributed by atoms with Crippen molar-refractivity contribution in [3.05, 3.63) is 52.5 Å². The Labute approximate surface area is 191 Å². The number of aryl methyl sites for hydroxylation is 1. The van der Waals surface area contributed by atoms with Crippen LogP contribution >= 0.6 is 11.6 Å². The molecule has 2 rings (SSSR count). The number of ether oxygens (including phenoxy) is 3. The standard InChI is InChI=1S/C22H26ClN3O6/c1-14-9-16(23)6-7-19(14)32-8-4-5-20(27)25-26-21(28)13-24-22(29)15-10-17(30-2)12-18(11-15)31-3/h6-7,9-12H,4-5,8,13H2,1-3H3,(H,24,29)(H,25,27)(H,26,28). The van der Waals surface area contributed by atoms with Crippen LogP contribution in [0.4, 0.5) is 0 Å². The van der Waals surface area contributed by atoms with Crippen LogP contribution in [0, 0.1) is 6.92 Å². The maximum Gasteiger partial charge on any atom is 0.257 e. The number of hydrazine groups is 1. The molecule has 0 unspecified atom stereocenters. The van der Waals surface area contributed by atoms with Gasteiger partial charge >= 0.3 is 0 Å². The topological polar surface area (TPSA) is 115 Å². The lowest BCUT2D eigenvalue weighted by Gasteiger charge is -2.11. The second-order valence-corrected chi connectivity index (χ2v) is 7.18. The molecule has 3 N–H and O–H groups in total. The molecule has 0 aliphatic rings. The van der Waals surface area contributed by atoms with Crippen molar-refractivity contribution in [3.63, 3.8) is 0 Å². The Hall–Kier alpha value is -3.46. The maximum atomic E-state index is 12.2. The monoisotopic (exact) mass is 463 g/mol. The smallest absolute Gasteiger partial charge is 0.257 e. The Balaban J connectivity index is 1.67. The molecular weight excluding hydrogens is 438 g/mol. The van der Waals surface area contributed by atoms with Crippen LogP contribution < -0.4 is 30.4 Å². The highest BCUT2D eigenvalue weighted by Crippen LogP contribution is 2.23. The van der Waals surface area contributed by atoms with Gasteiger partial charge in [0.15, 0.2) is 0 Å². The van der Waals surface area contributed by atoms with Gasteiger partial charge in [0.25, 0.3) is 11.8 Å². The van der Waals surface area contributed by atoms with E-state index in [1.807, 2.05) is 6.92 Å². The first-order valence-corrected chi connectivity index (χ1v) is 10.2. The van der Waals surface area contributed by atoms with Gasteiger partial charge in [0.1, 0.15) is 17.2 Å². The average Bonchev–Trinajstić information content (AvgIpc) is 2.79. The van der Waals surface area contributed by atoms with Crippen molar-refractivity contribution in [1.82, 2.24) is 16.2 Å². The summed E-state index contributed by atoms with van der Waals surface area (Å²) in [5, 5.41) is 3.09. The number of carbonyl (C=O) groups excluding carboxylic acids is 3. The lowest BCUT2D eigenvalue weighted by Crippen LogP contribution is -2.46. The molecule has 2 aromatic rings. The maximum absolute atomic E-state index is 12.2. The SMILES string of the molecule is COc1cc(OC)cc(C(=O)NCC(=O)NNC(=O)CCCOc2ccc(Cl)cc2C)c1. The van der Waals surface area contributed by atoms with Gasteiger partial charge < -0.3 is 19.5 Å². The van der Waals surface area contributed by atoms with Crippen LogP contribution in [0.15, 0.2) is 36.4 Å². The normalized spacial score (nSPS) is 10.1. The lowest BCUT2D eigenvalue weighted by atomic mass is 10.2. The van der Waals surface area contributed by atoms with Crippen molar-refractivity contribution in [2.24, 2.45) is 0 Å². The fraction of sp³-hybridized carbons (Fsp3) is 0.318. The molecule has 3 amide bonds. The molecule has 0 aliphatic heterocycles. The Morgan fingerprint density at radius 1 is 0.938 bits per heavy atom. The molecule has 32 heavy (non-hydrogen) atoms. The highest BCUT2D eigenvalue weighted by Gasteiger charge is 2.12. The molecule has 0 saturated heterocycles. The van der Waals surface area contributed by atoms with Gasteiger partial charge in [-0.25, -0.2) is 0 Å². The van der Waals surface area contributed by atoms with Gasteiger partial charge in [-0.05, 0) is 49.2 Å². The predicted molar refractivity (Wildman–Crippen MR) is 119 cm³/mol. The largest absolute Gasteiger partial charge is 0.497 e. The van der Waals surface area contributed by atoms with Crippen LogP contribution in [0.25, 0.3) is 0 Å². The number of amides is 3. The molecule has 0 radical (unpaired) electrons. The van der Waals surface area contributed by atoms with Gasteiger partial charge in [0.2, 0.25) is 5.91 Å². The molecule has 172 valence electrons. The van der Waals surface area contributed by atoms with Crippen molar-refractivity contribution < 1.29 is 28.6 Å². The number of methoxy groups -OCH3 is 2. The minimum atomic E-state index is -0.574.